The molecule has 0 fully saturated rings. The lowest BCUT2D eigenvalue weighted by atomic mass is 10.1. The summed E-state index contributed by atoms with van der Waals surface area (Å²) in [7, 11) is 3.27. The summed E-state index contributed by atoms with van der Waals surface area (Å²) in [4.78, 5) is 8.81. The molecule has 0 aliphatic carbocycles. The molecule has 2 aromatic rings. The van der Waals surface area contributed by atoms with Gasteiger partial charge >= 0.3 is 0 Å². The van der Waals surface area contributed by atoms with E-state index >= 15 is 0 Å². The van der Waals surface area contributed by atoms with Crippen LogP contribution in [0.2, 0.25) is 0 Å². The number of ether oxygens (including phenoxy) is 2. The number of benzene rings is 1. The fourth-order valence-corrected chi connectivity index (χ4v) is 2.26. The monoisotopic (exact) mass is 301 g/mol. The van der Waals surface area contributed by atoms with E-state index in [0.29, 0.717) is 11.7 Å². The molecule has 1 aromatic carbocycles. The minimum Gasteiger partial charge on any atom is -0.493 e. The first-order valence-corrected chi connectivity index (χ1v) is 7.48. The summed E-state index contributed by atoms with van der Waals surface area (Å²) in [5.41, 5.74) is 2.14. The molecule has 1 N–H and O–H groups in total. The Labute approximate surface area is 131 Å². The fraction of sp³-hybridized carbons (Fsp3) is 0.412. The molecule has 22 heavy (non-hydrogen) atoms. The van der Waals surface area contributed by atoms with Gasteiger partial charge in [0.2, 0.25) is 5.95 Å². The minimum atomic E-state index is 0.0664. The van der Waals surface area contributed by atoms with E-state index in [1.807, 2.05) is 24.3 Å². The molecule has 1 aromatic heterocycles. The van der Waals surface area contributed by atoms with E-state index in [0.717, 1.165) is 29.8 Å². The van der Waals surface area contributed by atoms with E-state index in [9.17, 15) is 0 Å². The lowest BCUT2D eigenvalue weighted by Gasteiger charge is -2.16. The van der Waals surface area contributed by atoms with Crippen LogP contribution in [0, 0.1) is 0 Å². The van der Waals surface area contributed by atoms with Crippen LogP contribution < -0.4 is 14.8 Å². The maximum absolute atomic E-state index is 5.34. The Morgan fingerprint density at radius 3 is 2.59 bits per heavy atom. The molecular weight excluding hydrogens is 278 g/mol. The van der Waals surface area contributed by atoms with Crippen LogP contribution in [0.25, 0.3) is 0 Å². The molecule has 1 heterocycles. The number of aromatic nitrogens is 2. The van der Waals surface area contributed by atoms with Gasteiger partial charge in [-0.05, 0) is 37.1 Å². The van der Waals surface area contributed by atoms with Crippen LogP contribution in [0.5, 0.6) is 11.5 Å². The number of rotatable bonds is 7. The summed E-state index contributed by atoms with van der Waals surface area (Å²) in [5.74, 6) is 2.09. The summed E-state index contributed by atoms with van der Waals surface area (Å²) >= 11 is 0. The van der Waals surface area contributed by atoms with E-state index < -0.39 is 0 Å². The molecule has 0 unspecified atom stereocenters. The van der Waals surface area contributed by atoms with Crippen LogP contribution in [0.4, 0.5) is 5.95 Å². The Morgan fingerprint density at radius 2 is 1.91 bits per heavy atom. The van der Waals surface area contributed by atoms with E-state index in [-0.39, 0.29) is 6.04 Å². The van der Waals surface area contributed by atoms with Gasteiger partial charge in [0, 0.05) is 11.9 Å². The summed E-state index contributed by atoms with van der Waals surface area (Å²) < 4.78 is 10.6. The quantitative estimate of drug-likeness (QED) is 0.846. The van der Waals surface area contributed by atoms with Crippen molar-refractivity contribution in [1.82, 2.24) is 9.97 Å². The van der Waals surface area contributed by atoms with Crippen molar-refractivity contribution in [3.63, 3.8) is 0 Å². The van der Waals surface area contributed by atoms with Crippen LogP contribution in [0.3, 0.4) is 0 Å². The fourth-order valence-electron chi connectivity index (χ4n) is 2.26. The molecule has 0 aliphatic heterocycles. The maximum atomic E-state index is 5.34. The summed E-state index contributed by atoms with van der Waals surface area (Å²) in [6.07, 6.45) is 3.82. The average molecular weight is 301 g/mol. The highest BCUT2D eigenvalue weighted by Crippen LogP contribution is 2.30. The van der Waals surface area contributed by atoms with Gasteiger partial charge in [-0.1, -0.05) is 19.4 Å². The molecule has 2 rings (SSSR count). The smallest absolute Gasteiger partial charge is 0.223 e. The number of hydrogen-bond acceptors (Lipinski definition) is 5. The first kappa shape index (κ1) is 16.1. The van der Waals surface area contributed by atoms with Gasteiger partial charge in [0.05, 0.1) is 20.3 Å². The average Bonchev–Trinajstić information content (AvgIpc) is 2.54. The molecule has 0 aliphatic rings. The molecule has 0 amide bonds. The number of methoxy groups -OCH3 is 2. The highest BCUT2D eigenvalue weighted by Gasteiger charge is 2.11. The van der Waals surface area contributed by atoms with Crippen LogP contribution in [-0.4, -0.2) is 24.2 Å². The van der Waals surface area contributed by atoms with Crippen molar-refractivity contribution in [3.8, 4) is 11.5 Å². The van der Waals surface area contributed by atoms with Gasteiger partial charge in [0.25, 0.3) is 0 Å². The molecule has 0 saturated carbocycles. The molecule has 0 radical (unpaired) electrons. The molecule has 0 bridgehead atoms. The number of nitrogens with one attached hydrogen (secondary N) is 1. The van der Waals surface area contributed by atoms with Crippen molar-refractivity contribution in [2.24, 2.45) is 0 Å². The topological polar surface area (TPSA) is 56.3 Å². The van der Waals surface area contributed by atoms with Crippen LogP contribution in [0.15, 0.2) is 30.5 Å². The molecular formula is C17H23N3O2. The molecule has 1 atom stereocenters. The first-order valence-electron chi connectivity index (χ1n) is 7.48. The maximum Gasteiger partial charge on any atom is 0.223 e. The number of anilines is 1. The minimum absolute atomic E-state index is 0.0664. The molecule has 0 saturated heterocycles. The second-order valence-corrected chi connectivity index (χ2v) is 5.10. The van der Waals surface area contributed by atoms with Crippen molar-refractivity contribution in [2.75, 3.05) is 19.5 Å². The van der Waals surface area contributed by atoms with E-state index in [1.54, 1.807) is 20.4 Å². The van der Waals surface area contributed by atoms with Crippen molar-refractivity contribution in [3.05, 3.63) is 41.7 Å². The van der Waals surface area contributed by atoms with Gasteiger partial charge in [-0.3, -0.25) is 0 Å². The summed E-state index contributed by atoms with van der Waals surface area (Å²) in [6.45, 7) is 4.21. The Balaban J connectivity index is 2.14. The first-order chi connectivity index (χ1) is 10.7. The third-order valence-corrected chi connectivity index (χ3v) is 3.47. The van der Waals surface area contributed by atoms with Crippen LogP contribution >= 0.6 is 0 Å². The van der Waals surface area contributed by atoms with Gasteiger partial charge < -0.3 is 14.8 Å². The molecule has 5 nitrogen and oxygen atoms in total. The highest BCUT2D eigenvalue weighted by atomic mass is 16.5. The molecule has 118 valence electrons. The Morgan fingerprint density at radius 1 is 1.14 bits per heavy atom. The predicted octanol–water partition coefficient (Wildman–Crippen LogP) is 3.62. The van der Waals surface area contributed by atoms with E-state index in [4.69, 9.17) is 9.47 Å². The number of nitrogens with zero attached hydrogens (tertiary/aromatic N) is 2. The molecule has 5 heteroatoms. The lowest BCUT2D eigenvalue weighted by Crippen LogP contribution is -2.10. The lowest BCUT2D eigenvalue weighted by molar-refractivity contribution is 0.354. The second kappa shape index (κ2) is 7.64. The van der Waals surface area contributed by atoms with Gasteiger partial charge in [0.15, 0.2) is 11.5 Å². The Kier molecular flexibility index (Phi) is 5.58. The third-order valence-electron chi connectivity index (χ3n) is 3.47. The zero-order valence-electron chi connectivity index (χ0n) is 13.6. The Hall–Kier alpha value is -2.30. The Bertz CT molecular complexity index is 617. The van der Waals surface area contributed by atoms with E-state index in [2.05, 4.69) is 29.1 Å². The van der Waals surface area contributed by atoms with Gasteiger partial charge in [-0.15, -0.1) is 0 Å². The highest BCUT2D eigenvalue weighted by molar-refractivity contribution is 5.45. The molecule has 0 spiro atoms. The van der Waals surface area contributed by atoms with Crippen molar-refractivity contribution >= 4 is 5.95 Å². The standard InChI is InChI=1S/C17H23N3O2/c1-5-6-14-9-10-18-17(20-14)19-12(2)13-7-8-15(21-3)16(11-13)22-4/h7-12H,5-6H2,1-4H3,(H,18,19,20)/t12-/m0/s1. The SMILES string of the molecule is CCCc1ccnc(N[C@@H](C)c2ccc(OC)c(OC)c2)n1. The third kappa shape index (κ3) is 3.87. The normalized spacial score (nSPS) is 11.8. The summed E-state index contributed by atoms with van der Waals surface area (Å²) in [6, 6.07) is 7.90. The van der Waals surface area contributed by atoms with E-state index in [1.165, 1.54) is 0 Å². The van der Waals surface area contributed by atoms with Crippen molar-refractivity contribution in [2.45, 2.75) is 32.7 Å². The van der Waals surface area contributed by atoms with Crippen molar-refractivity contribution < 1.29 is 9.47 Å². The zero-order chi connectivity index (χ0) is 15.9. The predicted molar refractivity (Wildman–Crippen MR) is 87.6 cm³/mol. The van der Waals surface area contributed by atoms with Crippen molar-refractivity contribution in [1.29, 1.82) is 0 Å². The van der Waals surface area contributed by atoms with Crippen LogP contribution in [0.1, 0.15) is 37.6 Å². The number of hydrogen-bond donors (Lipinski definition) is 1. The van der Waals surface area contributed by atoms with Gasteiger partial charge in [0.1, 0.15) is 0 Å². The second-order valence-electron chi connectivity index (χ2n) is 5.10. The summed E-state index contributed by atoms with van der Waals surface area (Å²) in [5, 5.41) is 3.33. The van der Waals surface area contributed by atoms with Gasteiger partial charge in [-0.2, -0.15) is 0 Å². The van der Waals surface area contributed by atoms with Crippen LogP contribution in [-0.2, 0) is 6.42 Å². The van der Waals surface area contributed by atoms with Gasteiger partial charge in [-0.25, -0.2) is 9.97 Å². The number of aryl methyl sites for hydroxylation is 1. The zero-order valence-corrected chi connectivity index (χ0v) is 13.6. The largest absolute Gasteiger partial charge is 0.493 e.